The van der Waals surface area contributed by atoms with E-state index in [1.54, 1.807) is 0 Å². The maximum Gasteiger partial charge on any atom is 0.134 e. The van der Waals surface area contributed by atoms with E-state index < -0.39 is 0 Å². The average Bonchev–Trinajstić information content (AvgIpc) is 3.10. The number of hydrogen-bond donors (Lipinski definition) is 0. The largest absolute Gasteiger partial charge is 0.235 e. The molecule has 0 amide bonds. The van der Waals surface area contributed by atoms with Gasteiger partial charge in [0.2, 0.25) is 0 Å². The van der Waals surface area contributed by atoms with Crippen LogP contribution in [0.15, 0.2) is 60.0 Å². The van der Waals surface area contributed by atoms with E-state index >= 15 is 0 Å². The Labute approximate surface area is 153 Å². The van der Waals surface area contributed by atoms with Crippen LogP contribution >= 0.6 is 11.3 Å². The SMILES string of the molecule is CC(C)(C)c1ccc(/C=C(/C#N)c2nc(-c3ccccc3)cs2)cc1. The van der Waals surface area contributed by atoms with Gasteiger partial charge >= 0.3 is 0 Å². The highest BCUT2D eigenvalue weighted by atomic mass is 32.1. The van der Waals surface area contributed by atoms with Crippen molar-refractivity contribution in [3.8, 4) is 17.3 Å². The zero-order valence-electron chi connectivity index (χ0n) is 14.7. The first kappa shape index (κ1) is 17.1. The van der Waals surface area contributed by atoms with E-state index in [2.05, 4.69) is 56.1 Å². The van der Waals surface area contributed by atoms with Crippen LogP contribution in [0.4, 0.5) is 0 Å². The van der Waals surface area contributed by atoms with Crippen molar-refractivity contribution in [2.24, 2.45) is 0 Å². The van der Waals surface area contributed by atoms with E-state index in [1.807, 2.05) is 41.8 Å². The fourth-order valence-electron chi connectivity index (χ4n) is 2.53. The van der Waals surface area contributed by atoms with Crippen molar-refractivity contribution in [3.05, 3.63) is 76.1 Å². The highest BCUT2D eigenvalue weighted by Gasteiger charge is 2.13. The third-order valence-corrected chi connectivity index (χ3v) is 4.89. The van der Waals surface area contributed by atoms with Gasteiger partial charge in [-0.25, -0.2) is 4.98 Å². The molecule has 3 aromatic rings. The smallest absolute Gasteiger partial charge is 0.134 e. The summed E-state index contributed by atoms with van der Waals surface area (Å²) in [7, 11) is 0. The molecule has 0 saturated heterocycles. The van der Waals surface area contributed by atoms with Gasteiger partial charge in [-0.15, -0.1) is 11.3 Å². The molecule has 25 heavy (non-hydrogen) atoms. The summed E-state index contributed by atoms with van der Waals surface area (Å²) in [6.07, 6.45) is 1.90. The van der Waals surface area contributed by atoms with E-state index in [1.165, 1.54) is 16.9 Å². The Morgan fingerprint density at radius 2 is 1.72 bits per heavy atom. The number of hydrogen-bond acceptors (Lipinski definition) is 3. The molecule has 0 radical (unpaired) electrons. The Hall–Kier alpha value is -2.70. The van der Waals surface area contributed by atoms with E-state index in [-0.39, 0.29) is 5.41 Å². The number of allylic oxidation sites excluding steroid dienone is 1. The topological polar surface area (TPSA) is 36.7 Å². The minimum absolute atomic E-state index is 0.125. The second kappa shape index (κ2) is 7.04. The maximum absolute atomic E-state index is 9.55. The van der Waals surface area contributed by atoms with E-state index in [0.717, 1.165) is 21.8 Å². The third-order valence-electron chi connectivity index (χ3n) is 4.01. The summed E-state index contributed by atoms with van der Waals surface area (Å²) in [5, 5.41) is 12.3. The van der Waals surface area contributed by atoms with Gasteiger partial charge in [0.15, 0.2) is 0 Å². The molecule has 1 aromatic heterocycles. The predicted octanol–water partition coefficient (Wildman–Crippen LogP) is 6.17. The van der Waals surface area contributed by atoms with Gasteiger partial charge < -0.3 is 0 Å². The second-order valence-corrected chi connectivity index (χ2v) is 7.80. The molecule has 3 rings (SSSR count). The van der Waals surface area contributed by atoms with Gasteiger partial charge in [0.05, 0.1) is 11.3 Å². The molecule has 0 saturated carbocycles. The molecule has 0 spiro atoms. The van der Waals surface area contributed by atoms with Crippen LogP contribution in [0.2, 0.25) is 0 Å². The normalized spacial score (nSPS) is 12.0. The zero-order chi connectivity index (χ0) is 17.9. The van der Waals surface area contributed by atoms with Crippen LogP contribution in [0.5, 0.6) is 0 Å². The van der Waals surface area contributed by atoms with Crippen LogP contribution in [-0.2, 0) is 5.41 Å². The summed E-state index contributed by atoms with van der Waals surface area (Å²) >= 11 is 1.50. The fraction of sp³-hybridized carbons (Fsp3) is 0.182. The molecule has 0 aliphatic heterocycles. The van der Waals surface area contributed by atoms with Crippen LogP contribution in [0.1, 0.15) is 36.9 Å². The van der Waals surface area contributed by atoms with Crippen LogP contribution in [0, 0.1) is 11.3 Å². The maximum atomic E-state index is 9.55. The van der Waals surface area contributed by atoms with Crippen molar-refractivity contribution in [2.45, 2.75) is 26.2 Å². The molecule has 0 aliphatic rings. The summed E-state index contributed by atoms with van der Waals surface area (Å²) in [5.74, 6) is 0. The highest BCUT2D eigenvalue weighted by molar-refractivity contribution is 7.11. The third kappa shape index (κ3) is 4.04. The lowest BCUT2D eigenvalue weighted by atomic mass is 9.86. The molecule has 0 bridgehead atoms. The molecule has 2 aromatic carbocycles. The Morgan fingerprint density at radius 1 is 1.04 bits per heavy atom. The summed E-state index contributed by atoms with van der Waals surface area (Å²) in [5.41, 5.74) is 4.99. The van der Waals surface area contributed by atoms with Gasteiger partial charge in [-0.3, -0.25) is 0 Å². The molecule has 0 N–H and O–H groups in total. The molecule has 0 aliphatic carbocycles. The van der Waals surface area contributed by atoms with E-state index in [0.29, 0.717) is 5.57 Å². The lowest BCUT2D eigenvalue weighted by Gasteiger charge is -2.18. The Kier molecular flexibility index (Phi) is 4.83. The monoisotopic (exact) mass is 344 g/mol. The Morgan fingerprint density at radius 3 is 2.32 bits per heavy atom. The summed E-state index contributed by atoms with van der Waals surface area (Å²) in [4.78, 5) is 4.63. The number of nitriles is 1. The number of aromatic nitrogens is 1. The van der Waals surface area contributed by atoms with Crippen molar-refractivity contribution < 1.29 is 0 Å². The average molecular weight is 344 g/mol. The van der Waals surface area contributed by atoms with Crippen LogP contribution in [0.3, 0.4) is 0 Å². The lowest BCUT2D eigenvalue weighted by Crippen LogP contribution is -2.10. The van der Waals surface area contributed by atoms with Crippen LogP contribution in [0.25, 0.3) is 22.9 Å². The number of rotatable bonds is 3. The van der Waals surface area contributed by atoms with Gasteiger partial charge in [0, 0.05) is 10.9 Å². The molecule has 3 heteroatoms. The number of thiazole rings is 1. The van der Waals surface area contributed by atoms with Crippen molar-refractivity contribution >= 4 is 23.0 Å². The van der Waals surface area contributed by atoms with Crippen molar-refractivity contribution in [2.75, 3.05) is 0 Å². The summed E-state index contributed by atoms with van der Waals surface area (Å²) in [6.45, 7) is 6.58. The molecule has 124 valence electrons. The summed E-state index contributed by atoms with van der Waals surface area (Å²) in [6, 6.07) is 20.7. The Bertz CT molecular complexity index is 921. The van der Waals surface area contributed by atoms with Gasteiger partial charge in [-0.05, 0) is 22.6 Å². The molecule has 0 fully saturated rings. The van der Waals surface area contributed by atoms with E-state index in [4.69, 9.17) is 0 Å². The number of benzene rings is 2. The van der Waals surface area contributed by atoms with Crippen molar-refractivity contribution in [1.29, 1.82) is 5.26 Å². The van der Waals surface area contributed by atoms with Gasteiger partial charge in [0.25, 0.3) is 0 Å². The van der Waals surface area contributed by atoms with Crippen molar-refractivity contribution in [1.82, 2.24) is 4.98 Å². The van der Waals surface area contributed by atoms with E-state index in [9.17, 15) is 5.26 Å². The first-order valence-corrected chi connectivity index (χ1v) is 9.09. The first-order chi connectivity index (χ1) is 12.0. The highest BCUT2D eigenvalue weighted by Crippen LogP contribution is 2.28. The predicted molar refractivity (Wildman–Crippen MR) is 106 cm³/mol. The molecular formula is C22H20N2S. The molecule has 0 unspecified atom stereocenters. The lowest BCUT2D eigenvalue weighted by molar-refractivity contribution is 0.590. The summed E-state index contributed by atoms with van der Waals surface area (Å²) < 4.78 is 0. The molecular weight excluding hydrogens is 324 g/mol. The zero-order valence-corrected chi connectivity index (χ0v) is 15.5. The standard InChI is InChI=1S/C22H20N2S/c1-22(2,3)19-11-9-16(10-12-19)13-18(14-23)21-24-20(15-25-21)17-7-5-4-6-8-17/h4-13,15H,1-3H3/b18-13-. The molecule has 2 nitrogen and oxygen atoms in total. The van der Waals surface area contributed by atoms with Crippen LogP contribution < -0.4 is 0 Å². The number of nitrogens with zero attached hydrogens (tertiary/aromatic N) is 2. The minimum Gasteiger partial charge on any atom is -0.235 e. The Balaban J connectivity index is 1.89. The minimum atomic E-state index is 0.125. The van der Waals surface area contributed by atoms with Gasteiger partial charge in [-0.2, -0.15) is 5.26 Å². The second-order valence-electron chi connectivity index (χ2n) is 6.95. The first-order valence-electron chi connectivity index (χ1n) is 8.21. The molecule has 1 heterocycles. The quantitative estimate of drug-likeness (QED) is 0.533. The molecule has 0 atom stereocenters. The van der Waals surface area contributed by atoms with Crippen LogP contribution in [-0.4, -0.2) is 4.98 Å². The van der Waals surface area contributed by atoms with Crippen molar-refractivity contribution in [3.63, 3.8) is 0 Å². The van der Waals surface area contributed by atoms with Gasteiger partial charge in [-0.1, -0.05) is 75.4 Å². The van der Waals surface area contributed by atoms with Gasteiger partial charge in [0.1, 0.15) is 11.1 Å². The fourth-order valence-corrected chi connectivity index (χ4v) is 3.32.